The Kier molecular flexibility index (Phi) is 19.4. The molecule has 21 aromatic carbocycles. The Morgan fingerprint density at radius 3 is 0.659 bits per heavy atom. The summed E-state index contributed by atoms with van der Waals surface area (Å²) in [6, 6.07) is 175. The lowest BCUT2D eigenvalue weighted by atomic mass is 10.00. The molecule has 0 aliphatic rings. The van der Waals surface area contributed by atoms with Crippen molar-refractivity contribution in [3.05, 3.63) is 485 Å². The van der Waals surface area contributed by atoms with Gasteiger partial charge in [0.15, 0.2) is 0 Å². The van der Waals surface area contributed by atoms with Crippen LogP contribution in [0.4, 0.5) is 0 Å². The van der Waals surface area contributed by atoms with Gasteiger partial charge in [-0.25, -0.2) is 0 Å². The number of benzene rings is 21. The lowest BCUT2D eigenvalue weighted by Crippen LogP contribution is -1.97. The zero-order valence-electron chi connectivity index (χ0n) is 76.8. The highest BCUT2D eigenvalue weighted by Crippen LogP contribution is 2.47. The van der Waals surface area contributed by atoms with Crippen LogP contribution >= 0.6 is 0 Å². The Bertz CT molecular complexity index is 9830. The summed E-state index contributed by atoms with van der Waals surface area (Å²) in [5, 5.41) is 20.7. The van der Waals surface area contributed by atoms with E-state index in [-0.39, 0.29) is 0 Å². The molecule has 0 radical (unpaired) electrons. The van der Waals surface area contributed by atoms with Crippen molar-refractivity contribution >= 4 is 174 Å². The summed E-state index contributed by atoms with van der Waals surface area (Å²) in [6.07, 6.45) is 0. The lowest BCUT2D eigenvalue weighted by molar-refractivity contribution is 1.01. The molecule has 138 heavy (non-hydrogen) atoms. The van der Waals surface area contributed by atoms with Gasteiger partial charge in [-0.05, 0) is 171 Å². The van der Waals surface area contributed by atoms with E-state index in [0.29, 0.717) is 0 Å². The SMILES string of the molecule is Cn1c2ccccc2c2c1ccc1c3ccccc3n(-c3ccc(-c4ccc(-c5ccccc5)cc4)cc3)c12.Cn1c2ccccc2c2c1ccc1c3ccccc3n(-c3ccc(-c4ccccc4)cc3)c12.Cn1c2ccccc2c2c1ccc1c3ccccc3n(-c3ccccc3)c12.Cn1c2ccccc2c2ccc3c4ccccc4n(-c4cccc(-c5ccc(-c6ccccc6)cc5)c4)c3c21. The van der Waals surface area contributed by atoms with Crippen molar-refractivity contribution in [3.8, 4) is 78.4 Å². The second-order valence-electron chi connectivity index (χ2n) is 36.4. The molecule has 652 valence electrons. The van der Waals surface area contributed by atoms with Gasteiger partial charge in [0.1, 0.15) is 0 Å². The normalized spacial score (nSPS) is 11.8. The molecular weight excluding hydrogens is 1670 g/mol. The van der Waals surface area contributed by atoms with E-state index in [1.54, 1.807) is 0 Å². The number of aryl methyl sites for hydroxylation is 4. The number of nitrogens with zero attached hydrogens (tertiary/aromatic N) is 8. The highest BCUT2D eigenvalue weighted by molar-refractivity contribution is 6.30. The molecule has 0 saturated carbocycles. The van der Waals surface area contributed by atoms with Gasteiger partial charge in [0, 0.05) is 159 Å². The Morgan fingerprint density at radius 2 is 0.326 bits per heavy atom. The van der Waals surface area contributed by atoms with Crippen LogP contribution in [0.1, 0.15) is 0 Å². The molecular formula is C130H92N8. The molecule has 0 fully saturated rings. The first-order valence-electron chi connectivity index (χ1n) is 47.5. The topological polar surface area (TPSA) is 39.4 Å². The fourth-order valence-corrected chi connectivity index (χ4v) is 22.5. The number of hydrogen-bond donors (Lipinski definition) is 0. The van der Waals surface area contributed by atoms with E-state index in [2.05, 4.69) is 550 Å². The molecule has 0 saturated heterocycles. The number of fused-ring (bicyclic) bond motifs is 28. The van der Waals surface area contributed by atoms with Crippen LogP contribution in [0.2, 0.25) is 0 Å². The van der Waals surface area contributed by atoms with Gasteiger partial charge < -0.3 is 36.5 Å². The van der Waals surface area contributed by atoms with Crippen molar-refractivity contribution in [3.63, 3.8) is 0 Å². The molecule has 0 atom stereocenters. The second-order valence-corrected chi connectivity index (χ2v) is 36.4. The summed E-state index contributed by atoms with van der Waals surface area (Å²) in [5.41, 5.74) is 37.1. The number of hydrogen-bond acceptors (Lipinski definition) is 0. The first-order chi connectivity index (χ1) is 68.2. The molecule has 8 nitrogen and oxygen atoms in total. The van der Waals surface area contributed by atoms with Crippen molar-refractivity contribution in [2.75, 3.05) is 0 Å². The average molecular weight is 1770 g/mol. The van der Waals surface area contributed by atoms with Crippen molar-refractivity contribution in [1.29, 1.82) is 0 Å². The maximum absolute atomic E-state index is 2.45. The zero-order valence-corrected chi connectivity index (χ0v) is 76.8. The van der Waals surface area contributed by atoms with Gasteiger partial charge in [-0.1, -0.05) is 370 Å². The van der Waals surface area contributed by atoms with E-state index in [0.717, 1.165) is 0 Å². The van der Waals surface area contributed by atoms with Crippen LogP contribution < -0.4 is 0 Å². The van der Waals surface area contributed by atoms with E-state index in [1.165, 1.54) is 253 Å². The smallest absolute Gasteiger partial charge is 0.0785 e. The van der Waals surface area contributed by atoms with Crippen LogP contribution in [0, 0.1) is 0 Å². The summed E-state index contributed by atoms with van der Waals surface area (Å²) in [4.78, 5) is 0. The van der Waals surface area contributed by atoms with Crippen molar-refractivity contribution in [2.45, 2.75) is 0 Å². The third-order valence-corrected chi connectivity index (χ3v) is 29.0. The molecule has 29 aromatic rings. The van der Waals surface area contributed by atoms with Crippen LogP contribution in [0.5, 0.6) is 0 Å². The largest absolute Gasteiger partial charge is 0.344 e. The van der Waals surface area contributed by atoms with Gasteiger partial charge >= 0.3 is 0 Å². The minimum atomic E-state index is 1.17. The van der Waals surface area contributed by atoms with Crippen molar-refractivity contribution in [1.82, 2.24) is 36.5 Å². The van der Waals surface area contributed by atoms with E-state index >= 15 is 0 Å². The maximum Gasteiger partial charge on any atom is 0.0785 e. The third-order valence-electron chi connectivity index (χ3n) is 29.0. The Labute approximate surface area is 797 Å². The predicted molar refractivity (Wildman–Crippen MR) is 586 cm³/mol. The fourth-order valence-electron chi connectivity index (χ4n) is 22.5. The van der Waals surface area contributed by atoms with Gasteiger partial charge in [-0.15, -0.1) is 0 Å². The molecule has 0 aliphatic carbocycles. The lowest BCUT2D eigenvalue weighted by Gasteiger charge is -2.12. The molecule has 0 spiro atoms. The Balaban J connectivity index is 0.0000000959. The van der Waals surface area contributed by atoms with E-state index in [1.807, 2.05) is 0 Å². The molecule has 0 aliphatic heterocycles. The molecule has 0 amide bonds. The number of rotatable bonds is 9. The molecule has 8 heteroatoms. The summed E-state index contributed by atoms with van der Waals surface area (Å²) >= 11 is 0. The van der Waals surface area contributed by atoms with Crippen LogP contribution in [0.25, 0.3) is 253 Å². The van der Waals surface area contributed by atoms with Gasteiger partial charge in [0.25, 0.3) is 0 Å². The average Bonchev–Trinajstić information content (AvgIpc) is 1.57. The molecule has 0 unspecified atom stereocenters. The van der Waals surface area contributed by atoms with Crippen LogP contribution in [-0.4, -0.2) is 36.5 Å². The van der Waals surface area contributed by atoms with Crippen molar-refractivity contribution in [2.24, 2.45) is 28.2 Å². The molecule has 29 rings (SSSR count). The van der Waals surface area contributed by atoms with Gasteiger partial charge in [0.2, 0.25) is 0 Å². The van der Waals surface area contributed by atoms with E-state index in [4.69, 9.17) is 0 Å². The molecule has 0 N–H and O–H groups in total. The number of para-hydroxylation sites is 9. The van der Waals surface area contributed by atoms with Gasteiger partial charge in [-0.3, -0.25) is 0 Å². The summed E-state index contributed by atoms with van der Waals surface area (Å²) in [6.45, 7) is 0. The maximum atomic E-state index is 2.45. The summed E-state index contributed by atoms with van der Waals surface area (Å²) < 4.78 is 19.0. The Morgan fingerprint density at radius 1 is 0.116 bits per heavy atom. The summed E-state index contributed by atoms with van der Waals surface area (Å²) in [7, 11) is 8.68. The van der Waals surface area contributed by atoms with Gasteiger partial charge in [0.05, 0.1) is 66.2 Å². The summed E-state index contributed by atoms with van der Waals surface area (Å²) in [5.74, 6) is 0. The highest BCUT2D eigenvalue weighted by atomic mass is 15.0. The first-order valence-corrected chi connectivity index (χ1v) is 47.5. The third kappa shape index (κ3) is 13.0. The van der Waals surface area contributed by atoms with Crippen LogP contribution in [0.3, 0.4) is 0 Å². The second kappa shape index (κ2) is 33.0. The van der Waals surface area contributed by atoms with E-state index < -0.39 is 0 Å². The van der Waals surface area contributed by atoms with Crippen LogP contribution in [-0.2, 0) is 28.2 Å². The zero-order chi connectivity index (χ0) is 91.7. The predicted octanol–water partition coefficient (Wildman–Crippen LogP) is 34.0. The monoisotopic (exact) mass is 1760 g/mol. The molecule has 0 bridgehead atoms. The molecule has 8 heterocycles. The van der Waals surface area contributed by atoms with E-state index in [9.17, 15) is 0 Å². The van der Waals surface area contributed by atoms with Crippen molar-refractivity contribution < 1.29 is 0 Å². The molecule has 8 aromatic heterocycles. The first kappa shape index (κ1) is 80.8. The fraction of sp³-hybridized carbons (Fsp3) is 0.0308. The minimum Gasteiger partial charge on any atom is -0.344 e. The Hall–Kier alpha value is -18.0. The number of aromatic nitrogens is 8. The standard InChI is InChI=1S/2C37H26N2.C31H22N2.C25H18N2/c1-38-33-13-7-6-12-32(33)36-35(38)24-23-31-30-11-5-8-14-34(30)39(37(31)36)29-21-19-28(20-22-29)27-17-15-26(16-18-27)25-9-3-2-4-10-25;1-38-34-16-7-5-14-30(34)32-22-23-33-31-15-6-8-17-35(31)39(37(33)36(32)38)29-13-9-12-28(24-29)27-20-18-26(19-21-27)25-10-3-2-4-11-25;1-32-27-13-7-6-12-26(27)30-29(32)20-19-25-24-11-5-8-14-28(24)33(31(25)30)23-17-15-22(16-18-23)21-9-3-2-4-10-21;1-26-21-13-7-6-12-20(21)24-23(26)16-15-19-18-11-5-8-14-22(18)27(25(19)24)17-9-3-2-4-10-17/h2*2-24H,1H3;2-20H,1H3;2-16H,1H3. The van der Waals surface area contributed by atoms with Crippen LogP contribution in [0.15, 0.2) is 485 Å². The highest BCUT2D eigenvalue weighted by Gasteiger charge is 2.26. The minimum absolute atomic E-state index is 1.17. The quantitative estimate of drug-likeness (QED) is 0.138. The van der Waals surface area contributed by atoms with Gasteiger partial charge in [-0.2, -0.15) is 0 Å².